The quantitative estimate of drug-likeness (QED) is 0.864. The predicted octanol–water partition coefficient (Wildman–Crippen LogP) is 1.76. The maximum Gasteiger partial charge on any atom is 0.256 e. The van der Waals surface area contributed by atoms with Gasteiger partial charge in [-0.15, -0.1) is 0 Å². The average Bonchev–Trinajstić information content (AvgIpc) is 2.34. The molecule has 5 nitrogen and oxygen atoms in total. The molecule has 0 saturated heterocycles. The zero-order valence-electron chi connectivity index (χ0n) is 13.2. The maximum absolute atomic E-state index is 12.1. The molecule has 2 rings (SSSR count). The van der Waals surface area contributed by atoms with Crippen LogP contribution in [0.4, 0.5) is 5.69 Å². The van der Waals surface area contributed by atoms with Gasteiger partial charge in [0.05, 0.1) is 5.75 Å². The summed E-state index contributed by atoms with van der Waals surface area (Å²) in [6, 6.07) is 7.02. The minimum absolute atomic E-state index is 0.00158. The number of hydrogen-bond acceptors (Lipinski definition) is 4. The fraction of sp³-hybridized carbons (Fsp3) is 0.562. The van der Waals surface area contributed by atoms with Crippen LogP contribution in [-0.2, 0) is 21.1 Å². The van der Waals surface area contributed by atoms with Gasteiger partial charge in [0.25, 0.3) is 5.91 Å². The van der Waals surface area contributed by atoms with Crippen LogP contribution in [-0.4, -0.2) is 37.0 Å². The molecule has 0 aliphatic heterocycles. The van der Waals surface area contributed by atoms with Gasteiger partial charge in [-0.3, -0.25) is 4.79 Å². The Morgan fingerprint density at radius 1 is 1.23 bits per heavy atom. The van der Waals surface area contributed by atoms with Crippen LogP contribution in [0, 0.1) is 5.41 Å². The Kier molecular flexibility index (Phi) is 4.37. The molecule has 1 amide bonds. The summed E-state index contributed by atoms with van der Waals surface area (Å²) in [4.78, 5) is 12.1. The van der Waals surface area contributed by atoms with Crippen LogP contribution in [0.3, 0.4) is 0 Å². The fourth-order valence-electron chi connectivity index (χ4n) is 3.00. The Morgan fingerprint density at radius 3 is 2.23 bits per heavy atom. The molecule has 0 bridgehead atoms. The topological polar surface area (TPSA) is 83.5 Å². The lowest BCUT2D eigenvalue weighted by molar-refractivity contribution is -0.158. The highest BCUT2D eigenvalue weighted by atomic mass is 32.2. The third kappa shape index (κ3) is 4.30. The van der Waals surface area contributed by atoms with Gasteiger partial charge in [0, 0.05) is 11.9 Å². The lowest BCUT2D eigenvalue weighted by Gasteiger charge is -2.48. The maximum atomic E-state index is 12.1. The zero-order valence-corrected chi connectivity index (χ0v) is 14.0. The number of carbonyl (C=O) groups excluding carboxylic acids is 1. The molecule has 0 atom stereocenters. The van der Waals surface area contributed by atoms with Crippen LogP contribution in [0.15, 0.2) is 24.3 Å². The smallest absolute Gasteiger partial charge is 0.256 e. The number of carbonyl (C=O) groups is 1. The molecule has 0 radical (unpaired) electrons. The van der Waals surface area contributed by atoms with Crippen molar-refractivity contribution in [3.05, 3.63) is 29.8 Å². The van der Waals surface area contributed by atoms with Gasteiger partial charge in [-0.2, -0.15) is 0 Å². The molecule has 0 unspecified atom stereocenters. The van der Waals surface area contributed by atoms with Gasteiger partial charge in [-0.1, -0.05) is 26.0 Å². The van der Waals surface area contributed by atoms with E-state index in [9.17, 15) is 18.3 Å². The number of anilines is 1. The molecule has 1 aromatic carbocycles. The van der Waals surface area contributed by atoms with Crippen LogP contribution in [0.2, 0.25) is 0 Å². The summed E-state index contributed by atoms with van der Waals surface area (Å²) < 4.78 is 22.3. The second-order valence-electron chi connectivity index (χ2n) is 7.08. The Hall–Kier alpha value is -1.40. The Bertz CT molecular complexity index is 654. The van der Waals surface area contributed by atoms with E-state index in [1.165, 1.54) is 6.26 Å². The molecule has 6 heteroatoms. The van der Waals surface area contributed by atoms with E-state index in [1.54, 1.807) is 24.3 Å². The van der Waals surface area contributed by atoms with Crippen LogP contribution < -0.4 is 5.32 Å². The molecule has 1 fully saturated rings. The molecule has 22 heavy (non-hydrogen) atoms. The minimum atomic E-state index is -2.98. The van der Waals surface area contributed by atoms with Crippen molar-refractivity contribution in [3.63, 3.8) is 0 Å². The monoisotopic (exact) mass is 325 g/mol. The molecule has 122 valence electrons. The summed E-state index contributed by atoms with van der Waals surface area (Å²) in [5.74, 6) is -0.274. The largest absolute Gasteiger partial charge is 0.380 e. The Morgan fingerprint density at radius 2 is 1.77 bits per heavy atom. The van der Waals surface area contributed by atoms with Crippen LogP contribution >= 0.6 is 0 Å². The number of sulfone groups is 1. The van der Waals surface area contributed by atoms with Crippen LogP contribution in [0.25, 0.3) is 0 Å². The third-order valence-electron chi connectivity index (χ3n) is 3.94. The fourth-order valence-corrected chi connectivity index (χ4v) is 3.60. The van der Waals surface area contributed by atoms with Crippen molar-refractivity contribution in [1.29, 1.82) is 0 Å². The van der Waals surface area contributed by atoms with E-state index in [0.29, 0.717) is 24.9 Å². The van der Waals surface area contributed by atoms with Gasteiger partial charge in [0.15, 0.2) is 0 Å². The second kappa shape index (κ2) is 5.66. The summed E-state index contributed by atoms with van der Waals surface area (Å²) in [6.45, 7) is 4.04. The average molecular weight is 325 g/mol. The summed E-state index contributed by atoms with van der Waals surface area (Å²) in [5, 5.41) is 12.9. The summed E-state index contributed by atoms with van der Waals surface area (Å²) in [7, 11) is -2.98. The second-order valence-corrected chi connectivity index (χ2v) is 9.34. The molecular weight excluding hydrogens is 302 g/mol. The van der Waals surface area contributed by atoms with E-state index < -0.39 is 15.4 Å². The number of rotatable bonds is 5. The first-order chi connectivity index (χ1) is 9.99. The van der Waals surface area contributed by atoms with E-state index in [4.69, 9.17) is 0 Å². The highest BCUT2D eigenvalue weighted by molar-refractivity contribution is 7.90. The summed E-state index contributed by atoms with van der Waals surface area (Å²) in [5.41, 5.74) is 0.221. The van der Waals surface area contributed by atoms with Crippen LogP contribution in [0.1, 0.15) is 32.3 Å². The number of hydrogen-bond donors (Lipinski definition) is 2. The number of nitrogens with one attached hydrogen (secondary N) is 1. The normalized spacial score (nSPS) is 19.3. The number of amides is 1. The van der Waals surface area contributed by atoms with Gasteiger partial charge < -0.3 is 10.4 Å². The highest BCUT2D eigenvalue weighted by Crippen LogP contribution is 2.48. The number of benzene rings is 1. The van der Waals surface area contributed by atoms with E-state index >= 15 is 0 Å². The zero-order chi connectivity index (χ0) is 16.6. The van der Waals surface area contributed by atoms with Gasteiger partial charge in [-0.05, 0) is 42.4 Å². The molecule has 0 heterocycles. The SMILES string of the molecule is CC1(C)CC(O)(C(=O)Nc2ccc(CCS(C)(=O)=O)cc2)C1. The van der Waals surface area contributed by atoms with Gasteiger partial charge >= 0.3 is 0 Å². The minimum Gasteiger partial charge on any atom is -0.380 e. The first-order valence-corrected chi connectivity index (χ1v) is 9.36. The lowest BCUT2D eigenvalue weighted by Crippen LogP contribution is -2.56. The summed E-state index contributed by atoms with van der Waals surface area (Å²) >= 11 is 0. The van der Waals surface area contributed by atoms with E-state index in [1.807, 2.05) is 13.8 Å². The van der Waals surface area contributed by atoms with Crippen molar-refractivity contribution < 1.29 is 18.3 Å². The molecule has 2 N–H and O–H groups in total. The molecule has 0 spiro atoms. The molecule has 1 aromatic rings. The molecule has 1 saturated carbocycles. The van der Waals surface area contributed by atoms with Crippen molar-refractivity contribution in [1.82, 2.24) is 0 Å². The Labute approximate surface area is 131 Å². The highest BCUT2D eigenvalue weighted by Gasteiger charge is 2.53. The number of aryl methyl sites for hydroxylation is 1. The van der Waals surface area contributed by atoms with Crippen molar-refractivity contribution in [3.8, 4) is 0 Å². The lowest BCUT2D eigenvalue weighted by atomic mass is 9.61. The van der Waals surface area contributed by atoms with Gasteiger partial charge in [0.1, 0.15) is 15.4 Å². The first-order valence-electron chi connectivity index (χ1n) is 7.30. The Balaban J connectivity index is 1.93. The van der Waals surface area contributed by atoms with Gasteiger partial charge in [0.2, 0.25) is 0 Å². The van der Waals surface area contributed by atoms with Crippen molar-refractivity contribution in [2.45, 2.75) is 38.7 Å². The summed E-state index contributed by atoms with van der Waals surface area (Å²) in [6.07, 6.45) is 2.57. The molecular formula is C16H23NO4S. The first kappa shape index (κ1) is 17.0. The predicted molar refractivity (Wildman–Crippen MR) is 86.5 cm³/mol. The van der Waals surface area contributed by atoms with E-state index in [2.05, 4.69) is 5.32 Å². The third-order valence-corrected chi connectivity index (χ3v) is 4.88. The molecule has 0 aromatic heterocycles. The number of aliphatic hydroxyl groups is 1. The standard InChI is InChI=1S/C16H23NO4S/c1-15(2)10-16(19,11-15)14(18)17-13-6-4-12(5-7-13)8-9-22(3,20)21/h4-7,19H,8-11H2,1-3H3,(H,17,18). The molecule has 1 aliphatic rings. The molecule has 1 aliphatic carbocycles. The van der Waals surface area contributed by atoms with Crippen molar-refractivity contribution >= 4 is 21.4 Å². The van der Waals surface area contributed by atoms with Crippen molar-refractivity contribution in [2.24, 2.45) is 5.41 Å². The van der Waals surface area contributed by atoms with Crippen LogP contribution in [0.5, 0.6) is 0 Å². The van der Waals surface area contributed by atoms with Gasteiger partial charge in [-0.25, -0.2) is 8.42 Å². The van der Waals surface area contributed by atoms with E-state index in [-0.39, 0.29) is 17.1 Å². The van der Waals surface area contributed by atoms with Crippen molar-refractivity contribution in [2.75, 3.05) is 17.3 Å². The van der Waals surface area contributed by atoms with E-state index in [0.717, 1.165) is 5.56 Å².